The Morgan fingerprint density at radius 1 is 1.55 bits per heavy atom. The van der Waals surface area contributed by atoms with Gasteiger partial charge in [-0.1, -0.05) is 6.07 Å². The Balaban J connectivity index is 2.54. The highest BCUT2D eigenvalue weighted by Crippen LogP contribution is 2.36. The summed E-state index contributed by atoms with van der Waals surface area (Å²) in [6, 6.07) is 2.13. The highest BCUT2D eigenvalue weighted by atomic mass is 19.2. The largest absolute Gasteiger partial charge is 0.425 e. The van der Waals surface area contributed by atoms with Crippen molar-refractivity contribution >= 4 is 0 Å². The number of para-hydroxylation sites is 1. The maximum absolute atomic E-state index is 12.9. The van der Waals surface area contributed by atoms with Crippen LogP contribution in [0.4, 0.5) is 8.78 Å². The first-order valence-electron chi connectivity index (χ1n) is 3.45. The van der Waals surface area contributed by atoms with Crippen LogP contribution >= 0.6 is 0 Å². The second-order valence-corrected chi connectivity index (χ2v) is 2.00. The standard InChI is InChI=1S/C7H4F2O2/c8-4-2-1-3-5-6(4)11-7(9)10-5/h1-3,7H/i2D. The minimum atomic E-state index is -1.96. The summed E-state index contributed by atoms with van der Waals surface area (Å²) >= 11 is 0. The Kier molecular flexibility index (Phi) is 1.01. The van der Waals surface area contributed by atoms with Crippen LogP contribution in [0, 0.1) is 5.82 Å². The van der Waals surface area contributed by atoms with Gasteiger partial charge in [0.25, 0.3) is 0 Å². The van der Waals surface area contributed by atoms with Crippen molar-refractivity contribution in [3.8, 4) is 11.5 Å². The molecular formula is C7H4F2O2. The Morgan fingerprint density at radius 2 is 2.36 bits per heavy atom. The Bertz CT molecular complexity index is 329. The molecule has 0 saturated heterocycles. The first-order valence-corrected chi connectivity index (χ1v) is 2.95. The number of fused-ring (bicyclic) bond motifs is 1. The number of alkyl halides is 1. The van der Waals surface area contributed by atoms with Gasteiger partial charge in [0.05, 0.1) is 1.37 Å². The normalized spacial score (nSPS) is 21.6. The van der Waals surface area contributed by atoms with Crippen LogP contribution in [0.1, 0.15) is 1.37 Å². The minimum absolute atomic E-state index is 0.00370. The average molecular weight is 159 g/mol. The molecular weight excluding hydrogens is 154 g/mol. The zero-order chi connectivity index (χ0) is 8.72. The summed E-state index contributed by atoms with van der Waals surface area (Å²) in [6.07, 6.45) is 0. The van der Waals surface area contributed by atoms with Crippen LogP contribution in [-0.4, -0.2) is 6.54 Å². The predicted octanol–water partition coefficient (Wildman–Crippen LogP) is 1.85. The molecule has 1 aliphatic heterocycles. The van der Waals surface area contributed by atoms with Crippen molar-refractivity contribution in [1.29, 1.82) is 0 Å². The van der Waals surface area contributed by atoms with E-state index in [-0.39, 0.29) is 17.5 Å². The summed E-state index contributed by atoms with van der Waals surface area (Å²) in [7, 11) is 0. The summed E-state index contributed by atoms with van der Waals surface area (Å²) in [5.74, 6) is -1.22. The maximum atomic E-state index is 12.9. The van der Waals surface area contributed by atoms with Crippen molar-refractivity contribution in [3.63, 3.8) is 0 Å². The zero-order valence-corrected chi connectivity index (χ0v) is 5.30. The smallest absolute Gasteiger partial charge is 0.397 e. The molecule has 0 aromatic heterocycles. The topological polar surface area (TPSA) is 18.5 Å². The summed E-state index contributed by atoms with van der Waals surface area (Å²) in [6.45, 7) is -1.96. The van der Waals surface area contributed by atoms with E-state index in [1.54, 1.807) is 0 Å². The molecule has 4 heteroatoms. The summed E-state index contributed by atoms with van der Waals surface area (Å²) in [5.41, 5.74) is 0. The van der Waals surface area contributed by atoms with Gasteiger partial charge in [-0.05, 0) is 12.1 Å². The lowest BCUT2D eigenvalue weighted by atomic mass is 10.3. The van der Waals surface area contributed by atoms with Gasteiger partial charge in [-0.3, -0.25) is 0 Å². The van der Waals surface area contributed by atoms with Crippen LogP contribution in [0.5, 0.6) is 11.5 Å². The van der Waals surface area contributed by atoms with Crippen molar-refractivity contribution in [2.24, 2.45) is 0 Å². The molecule has 1 aromatic carbocycles. The molecule has 0 N–H and O–H groups in total. The van der Waals surface area contributed by atoms with Gasteiger partial charge in [0.2, 0.25) is 5.75 Å². The van der Waals surface area contributed by atoms with Crippen LogP contribution in [-0.2, 0) is 0 Å². The number of rotatable bonds is 0. The fraction of sp³-hybridized carbons (Fsp3) is 0.143. The molecule has 0 spiro atoms. The van der Waals surface area contributed by atoms with E-state index in [0.717, 1.165) is 0 Å². The number of hydrogen-bond acceptors (Lipinski definition) is 2. The first-order chi connectivity index (χ1) is 5.68. The SMILES string of the molecule is [2H]c1ccc2c(c1F)OC(F)O2. The van der Waals surface area contributed by atoms with Crippen molar-refractivity contribution in [2.45, 2.75) is 6.54 Å². The Hall–Kier alpha value is -1.32. The molecule has 0 bridgehead atoms. The molecule has 1 heterocycles. The number of benzene rings is 1. The molecule has 0 aliphatic carbocycles. The van der Waals surface area contributed by atoms with Gasteiger partial charge in [0.1, 0.15) is 0 Å². The van der Waals surface area contributed by atoms with Crippen LogP contribution in [0.2, 0.25) is 0 Å². The van der Waals surface area contributed by atoms with Crippen LogP contribution in [0.3, 0.4) is 0 Å². The average Bonchev–Trinajstić information content (AvgIpc) is 2.39. The summed E-state index contributed by atoms with van der Waals surface area (Å²) in [4.78, 5) is 0. The number of ether oxygens (including phenoxy) is 2. The van der Waals surface area contributed by atoms with Gasteiger partial charge >= 0.3 is 6.54 Å². The van der Waals surface area contributed by atoms with Gasteiger partial charge in [0, 0.05) is 0 Å². The second-order valence-electron chi connectivity index (χ2n) is 2.00. The van der Waals surface area contributed by atoms with Crippen molar-refractivity contribution < 1.29 is 19.6 Å². The molecule has 58 valence electrons. The van der Waals surface area contributed by atoms with Crippen LogP contribution < -0.4 is 9.47 Å². The van der Waals surface area contributed by atoms with E-state index >= 15 is 0 Å². The second kappa shape index (κ2) is 2.08. The molecule has 2 rings (SSSR count). The Morgan fingerprint density at radius 3 is 3.18 bits per heavy atom. The van der Waals surface area contributed by atoms with Gasteiger partial charge < -0.3 is 9.47 Å². The fourth-order valence-electron chi connectivity index (χ4n) is 0.859. The van der Waals surface area contributed by atoms with Gasteiger partial charge in [-0.2, -0.15) is 4.39 Å². The van der Waals surface area contributed by atoms with Crippen LogP contribution in [0.15, 0.2) is 18.2 Å². The molecule has 11 heavy (non-hydrogen) atoms. The van der Waals surface area contributed by atoms with E-state index in [1.807, 2.05) is 0 Å². The van der Waals surface area contributed by atoms with E-state index in [1.165, 1.54) is 12.1 Å². The molecule has 0 amide bonds. The molecule has 1 aromatic rings. The third-order valence-corrected chi connectivity index (χ3v) is 1.30. The highest BCUT2D eigenvalue weighted by Gasteiger charge is 2.25. The lowest BCUT2D eigenvalue weighted by Gasteiger charge is -1.95. The highest BCUT2D eigenvalue weighted by molar-refractivity contribution is 5.42. The molecule has 0 fully saturated rings. The third-order valence-electron chi connectivity index (χ3n) is 1.30. The van der Waals surface area contributed by atoms with E-state index < -0.39 is 12.4 Å². The number of hydrogen-bond donors (Lipinski definition) is 0. The quantitative estimate of drug-likeness (QED) is 0.575. The molecule has 0 radical (unpaired) electrons. The van der Waals surface area contributed by atoms with Gasteiger partial charge in [0.15, 0.2) is 11.6 Å². The van der Waals surface area contributed by atoms with E-state index in [9.17, 15) is 8.78 Å². The first kappa shape index (κ1) is 5.35. The summed E-state index contributed by atoms with van der Waals surface area (Å²) < 4.78 is 41.1. The Labute approximate surface area is 62.8 Å². The van der Waals surface area contributed by atoms with E-state index in [0.29, 0.717) is 0 Å². The van der Waals surface area contributed by atoms with Crippen LogP contribution in [0.25, 0.3) is 0 Å². The third kappa shape index (κ3) is 0.906. The number of halogens is 2. The van der Waals surface area contributed by atoms with E-state index in [4.69, 9.17) is 1.37 Å². The fourth-order valence-corrected chi connectivity index (χ4v) is 0.859. The zero-order valence-electron chi connectivity index (χ0n) is 6.30. The van der Waals surface area contributed by atoms with Crippen molar-refractivity contribution in [1.82, 2.24) is 0 Å². The molecule has 1 aliphatic rings. The maximum Gasteiger partial charge on any atom is 0.397 e. The van der Waals surface area contributed by atoms with Gasteiger partial charge in [-0.15, -0.1) is 0 Å². The van der Waals surface area contributed by atoms with Crippen molar-refractivity contribution in [2.75, 3.05) is 0 Å². The lowest BCUT2D eigenvalue weighted by molar-refractivity contribution is -0.0663. The predicted molar refractivity (Wildman–Crippen MR) is 32.6 cm³/mol. The van der Waals surface area contributed by atoms with E-state index in [2.05, 4.69) is 9.47 Å². The molecule has 1 atom stereocenters. The summed E-state index contributed by atoms with van der Waals surface area (Å²) in [5, 5.41) is 0. The molecule has 0 saturated carbocycles. The van der Waals surface area contributed by atoms with Crippen molar-refractivity contribution in [3.05, 3.63) is 24.0 Å². The monoisotopic (exact) mass is 159 g/mol. The minimum Gasteiger partial charge on any atom is -0.425 e. The lowest BCUT2D eigenvalue weighted by Crippen LogP contribution is -2.09. The molecule has 2 nitrogen and oxygen atoms in total. The molecule has 1 unspecified atom stereocenters. The van der Waals surface area contributed by atoms with Gasteiger partial charge in [-0.25, -0.2) is 4.39 Å².